The van der Waals surface area contributed by atoms with E-state index in [1.54, 1.807) is 0 Å². The zero-order valence-electron chi connectivity index (χ0n) is 12.9. The van der Waals surface area contributed by atoms with E-state index in [1.165, 1.54) is 0 Å². The molecule has 2 aromatic carbocycles. The van der Waals surface area contributed by atoms with Gasteiger partial charge in [0.05, 0.1) is 20.6 Å². The molecule has 2 rings (SSSR count). The van der Waals surface area contributed by atoms with Crippen molar-refractivity contribution < 1.29 is 30.7 Å². The number of hydrogen-bond donors (Lipinski definition) is 0. The van der Waals surface area contributed by atoms with E-state index in [2.05, 4.69) is 0 Å². The highest BCUT2D eigenvalue weighted by atomic mass is 35.5. The third kappa shape index (κ3) is 5.30. The molecule has 10 heteroatoms. The van der Waals surface area contributed by atoms with Crippen LogP contribution in [-0.4, -0.2) is 6.18 Å². The highest BCUT2D eigenvalue weighted by Crippen LogP contribution is 2.42. The summed E-state index contributed by atoms with van der Waals surface area (Å²) in [6, 6.07) is 4.64. The van der Waals surface area contributed by atoms with E-state index in [1.807, 2.05) is 0 Å². The molecule has 0 heterocycles. The van der Waals surface area contributed by atoms with Crippen molar-refractivity contribution in [2.24, 2.45) is 0 Å². The number of hydrogen-bond acceptors (Lipinski definition) is 0. The van der Waals surface area contributed by atoms with Gasteiger partial charge in [-0.05, 0) is 35.9 Å². The highest BCUT2D eigenvalue weighted by Gasteiger charge is 2.40. The van der Waals surface area contributed by atoms with Crippen molar-refractivity contribution in [3.63, 3.8) is 0 Å². The van der Waals surface area contributed by atoms with Gasteiger partial charge in [0.25, 0.3) is 0 Å². The second-order valence-corrected chi connectivity index (χ2v) is 6.60. The molecular weight excluding hydrogens is 444 g/mol. The Balaban J connectivity index is 2.53. The first-order valence-electron chi connectivity index (χ1n) is 7.07. The molecule has 0 spiro atoms. The summed E-state index contributed by atoms with van der Waals surface area (Å²) in [5, 5.41) is -0.729. The SMILES string of the molecule is FC(=CC(c1cc(Cl)c(Cl)c(Cl)c1)C(F)(F)F)c1cccc(C(F)(F)F)c1. The van der Waals surface area contributed by atoms with Gasteiger partial charge in [0.2, 0.25) is 0 Å². The van der Waals surface area contributed by atoms with Crippen molar-refractivity contribution in [2.45, 2.75) is 18.3 Å². The van der Waals surface area contributed by atoms with Gasteiger partial charge in [-0.3, -0.25) is 0 Å². The van der Waals surface area contributed by atoms with E-state index in [4.69, 9.17) is 34.8 Å². The Morgan fingerprint density at radius 3 is 1.93 bits per heavy atom. The summed E-state index contributed by atoms with van der Waals surface area (Å²) in [5.41, 5.74) is -2.35. The second kappa shape index (κ2) is 7.89. The molecule has 0 radical (unpaired) electrons. The molecule has 0 N–H and O–H groups in total. The minimum atomic E-state index is -4.96. The van der Waals surface area contributed by atoms with E-state index in [-0.39, 0.29) is 21.1 Å². The number of benzene rings is 2. The van der Waals surface area contributed by atoms with Crippen molar-refractivity contribution >= 4 is 40.6 Å². The predicted molar refractivity (Wildman–Crippen MR) is 90.8 cm³/mol. The van der Waals surface area contributed by atoms with Crippen molar-refractivity contribution in [3.05, 3.63) is 74.2 Å². The Kier molecular flexibility index (Phi) is 6.39. The van der Waals surface area contributed by atoms with E-state index in [0.29, 0.717) is 12.1 Å². The first kappa shape index (κ1) is 21.9. The summed E-state index contributed by atoms with van der Waals surface area (Å²) in [7, 11) is 0. The van der Waals surface area contributed by atoms with Crippen LogP contribution in [0.4, 0.5) is 30.7 Å². The van der Waals surface area contributed by atoms with Gasteiger partial charge in [-0.2, -0.15) is 26.3 Å². The first-order valence-corrected chi connectivity index (χ1v) is 8.20. The fraction of sp³-hybridized carbons (Fsp3) is 0.176. The monoisotopic (exact) mass is 450 g/mol. The molecule has 0 aliphatic carbocycles. The van der Waals surface area contributed by atoms with Crippen molar-refractivity contribution in [3.8, 4) is 0 Å². The molecule has 2 aromatic rings. The van der Waals surface area contributed by atoms with Gasteiger partial charge >= 0.3 is 12.4 Å². The van der Waals surface area contributed by atoms with E-state index >= 15 is 0 Å². The molecule has 1 unspecified atom stereocenters. The molecular formula is C17H8Cl3F7. The minimum Gasteiger partial charge on any atom is -0.207 e. The maximum Gasteiger partial charge on any atom is 0.416 e. The summed E-state index contributed by atoms with van der Waals surface area (Å²) < 4.78 is 92.7. The Labute approximate surface area is 164 Å². The number of rotatable bonds is 3. The van der Waals surface area contributed by atoms with Gasteiger partial charge in [-0.25, -0.2) is 4.39 Å². The Morgan fingerprint density at radius 1 is 0.889 bits per heavy atom. The predicted octanol–water partition coefficient (Wildman–Crippen LogP) is 8.32. The van der Waals surface area contributed by atoms with Gasteiger partial charge in [0.15, 0.2) is 0 Å². The van der Waals surface area contributed by atoms with Gasteiger partial charge in [0, 0.05) is 5.56 Å². The zero-order valence-corrected chi connectivity index (χ0v) is 15.2. The maximum atomic E-state index is 14.4. The van der Waals surface area contributed by atoms with Crippen LogP contribution in [-0.2, 0) is 6.18 Å². The third-order valence-corrected chi connectivity index (χ3v) is 4.69. The van der Waals surface area contributed by atoms with E-state index in [9.17, 15) is 30.7 Å². The Hall–Kier alpha value is -1.44. The summed E-state index contributed by atoms with van der Waals surface area (Å²) in [5.74, 6) is -3.98. The van der Waals surface area contributed by atoms with Crippen LogP contribution in [0.25, 0.3) is 5.83 Å². The molecule has 0 saturated carbocycles. The van der Waals surface area contributed by atoms with Crippen LogP contribution in [0.15, 0.2) is 42.5 Å². The smallest absolute Gasteiger partial charge is 0.207 e. The van der Waals surface area contributed by atoms with Crippen molar-refractivity contribution in [1.82, 2.24) is 0 Å². The lowest BCUT2D eigenvalue weighted by molar-refractivity contribution is -0.140. The van der Waals surface area contributed by atoms with Crippen molar-refractivity contribution in [2.75, 3.05) is 0 Å². The maximum absolute atomic E-state index is 14.4. The topological polar surface area (TPSA) is 0 Å². The standard InChI is InChI=1S/C17H8Cl3F7/c18-12-5-9(6-13(19)15(12)20)11(17(25,26)27)7-14(21)8-2-1-3-10(4-8)16(22,23)24/h1-7,11H. The van der Waals surface area contributed by atoms with Crippen LogP contribution in [0.1, 0.15) is 22.6 Å². The number of alkyl halides is 6. The van der Waals surface area contributed by atoms with E-state index in [0.717, 1.165) is 24.3 Å². The average molecular weight is 452 g/mol. The van der Waals surface area contributed by atoms with Crippen LogP contribution in [0, 0.1) is 0 Å². The van der Waals surface area contributed by atoms with Crippen LogP contribution in [0.2, 0.25) is 15.1 Å². The number of allylic oxidation sites excluding steroid dienone is 1. The van der Waals surface area contributed by atoms with E-state index < -0.39 is 40.8 Å². The quantitative estimate of drug-likeness (QED) is 0.325. The summed E-state index contributed by atoms with van der Waals surface area (Å²) in [6.45, 7) is 0. The molecule has 0 bridgehead atoms. The Bertz CT molecular complexity index is 847. The van der Waals surface area contributed by atoms with Crippen LogP contribution >= 0.6 is 34.8 Å². The second-order valence-electron chi connectivity index (χ2n) is 5.41. The third-order valence-electron chi connectivity index (χ3n) is 3.50. The summed E-state index contributed by atoms with van der Waals surface area (Å²) in [6.07, 6.45) is -9.57. The van der Waals surface area contributed by atoms with Crippen LogP contribution < -0.4 is 0 Å². The fourth-order valence-corrected chi connectivity index (χ4v) is 2.83. The lowest BCUT2D eigenvalue weighted by Crippen LogP contribution is -2.19. The zero-order chi connectivity index (χ0) is 20.6. The van der Waals surface area contributed by atoms with Gasteiger partial charge in [-0.15, -0.1) is 0 Å². The average Bonchev–Trinajstić information content (AvgIpc) is 2.55. The minimum absolute atomic E-state index is 0.158. The van der Waals surface area contributed by atoms with Crippen molar-refractivity contribution in [1.29, 1.82) is 0 Å². The fourth-order valence-electron chi connectivity index (χ4n) is 2.22. The number of halogens is 10. The molecule has 0 aliphatic rings. The van der Waals surface area contributed by atoms with Crippen LogP contribution in [0.5, 0.6) is 0 Å². The molecule has 0 fully saturated rings. The molecule has 0 aliphatic heterocycles. The lowest BCUT2D eigenvalue weighted by atomic mass is 9.96. The van der Waals surface area contributed by atoms with Gasteiger partial charge in [-0.1, -0.05) is 46.9 Å². The molecule has 1 atom stereocenters. The first-order chi connectivity index (χ1) is 12.3. The molecule has 0 saturated heterocycles. The van der Waals surface area contributed by atoms with Gasteiger partial charge in [0.1, 0.15) is 11.7 Å². The summed E-state index contributed by atoms with van der Waals surface area (Å²) in [4.78, 5) is 0. The largest absolute Gasteiger partial charge is 0.416 e. The van der Waals surface area contributed by atoms with Crippen LogP contribution in [0.3, 0.4) is 0 Å². The normalized spacial score (nSPS) is 14.4. The lowest BCUT2D eigenvalue weighted by Gasteiger charge is -2.19. The molecule has 0 nitrogen and oxygen atoms in total. The van der Waals surface area contributed by atoms with Gasteiger partial charge < -0.3 is 0 Å². The highest BCUT2D eigenvalue weighted by molar-refractivity contribution is 6.48. The molecule has 146 valence electrons. The molecule has 0 aromatic heterocycles. The Morgan fingerprint density at radius 2 is 1.44 bits per heavy atom. The molecule has 0 amide bonds. The molecule has 27 heavy (non-hydrogen) atoms. The summed E-state index contributed by atoms with van der Waals surface area (Å²) >= 11 is 17.1.